The third-order valence-electron chi connectivity index (χ3n) is 6.07. The van der Waals surface area contributed by atoms with Crippen LogP contribution < -0.4 is 4.90 Å². The van der Waals surface area contributed by atoms with Crippen molar-refractivity contribution in [2.24, 2.45) is 0 Å². The van der Waals surface area contributed by atoms with Gasteiger partial charge >= 0.3 is 0 Å². The summed E-state index contributed by atoms with van der Waals surface area (Å²) in [6.45, 7) is 6.58. The predicted octanol–water partition coefficient (Wildman–Crippen LogP) is 5.26. The number of hydrogen-bond acceptors (Lipinski definition) is 4. The molecule has 1 aromatic heterocycles. The van der Waals surface area contributed by atoms with E-state index in [9.17, 15) is 4.79 Å². The quantitative estimate of drug-likeness (QED) is 0.474. The van der Waals surface area contributed by atoms with E-state index in [2.05, 4.69) is 36.1 Å². The van der Waals surface area contributed by atoms with Gasteiger partial charge in [-0.05, 0) is 56.2 Å². The zero-order valence-electron chi connectivity index (χ0n) is 18.1. The van der Waals surface area contributed by atoms with Gasteiger partial charge < -0.3 is 4.90 Å². The van der Waals surface area contributed by atoms with Crippen LogP contribution in [0.1, 0.15) is 33.5 Å². The maximum atomic E-state index is 13.5. The Balaban J connectivity index is 1.47. The molecular formula is C24H23ClN4OS2. The predicted molar refractivity (Wildman–Crippen MR) is 134 cm³/mol. The average molecular weight is 483 g/mol. The Morgan fingerprint density at radius 3 is 2.62 bits per heavy atom. The van der Waals surface area contributed by atoms with E-state index in [0.717, 1.165) is 28.4 Å². The molecule has 5 rings (SSSR count). The molecule has 2 fully saturated rings. The van der Waals surface area contributed by atoms with E-state index in [1.54, 1.807) is 16.7 Å². The van der Waals surface area contributed by atoms with Crippen LogP contribution in [0.25, 0.3) is 0 Å². The molecule has 0 saturated carbocycles. The normalized spacial score (nSPS) is 20.4. The van der Waals surface area contributed by atoms with Crippen molar-refractivity contribution in [1.29, 1.82) is 0 Å². The lowest BCUT2D eigenvalue weighted by atomic mass is 10.1. The second-order valence-corrected chi connectivity index (χ2v) is 10.2. The lowest BCUT2D eigenvalue weighted by Crippen LogP contribution is -2.34. The van der Waals surface area contributed by atoms with E-state index < -0.39 is 0 Å². The Labute approximate surface area is 202 Å². The minimum atomic E-state index is -0.242. The number of thioether (sulfide) groups is 1. The molecule has 2 aliphatic heterocycles. The number of anilines is 1. The number of aromatic nitrogens is 2. The molecule has 0 N–H and O–H groups in total. The van der Waals surface area contributed by atoms with Gasteiger partial charge in [-0.15, -0.1) is 11.8 Å². The fraction of sp³-hybridized carbons (Fsp3) is 0.292. The van der Waals surface area contributed by atoms with E-state index in [1.165, 1.54) is 11.1 Å². The lowest BCUT2D eigenvalue weighted by molar-refractivity contribution is -0.119. The van der Waals surface area contributed by atoms with Crippen molar-refractivity contribution in [3.05, 3.63) is 81.6 Å². The standard InChI is InChI=1S/C24H23ClN4OS2/c1-14-7-9-18(10-8-14)23-28-20(13-32-23)22(30)29(24(28)31)21-15(2)26-27(16(21)3)12-17-5-4-6-19(25)11-17/h4-11,20,23H,12-13H2,1-3H3/t20-,23-/m1/s1. The van der Waals surface area contributed by atoms with Crippen LogP contribution in [0.3, 0.4) is 0 Å². The first-order chi connectivity index (χ1) is 15.3. The smallest absolute Gasteiger partial charge is 0.257 e. The zero-order valence-corrected chi connectivity index (χ0v) is 20.5. The van der Waals surface area contributed by atoms with Crippen LogP contribution in [-0.4, -0.2) is 37.5 Å². The average Bonchev–Trinajstić information content (AvgIpc) is 3.38. The Morgan fingerprint density at radius 2 is 1.91 bits per heavy atom. The number of amides is 1. The van der Waals surface area contributed by atoms with E-state index in [4.69, 9.17) is 28.9 Å². The van der Waals surface area contributed by atoms with Gasteiger partial charge in [0.05, 0.1) is 23.6 Å². The molecule has 0 bridgehead atoms. The lowest BCUT2D eigenvalue weighted by Gasteiger charge is -2.25. The van der Waals surface area contributed by atoms with E-state index in [1.807, 2.05) is 42.8 Å². The minimum Gasteiger partial charge on any atom is -0.319 e. The molecule has 1 amide bonds. The molecule has 0 spiro atoms. The van der Waals surface area contributed by atoms with Gasteiger partial charge in [0.2, 0.25) is 0 Å². The van der Waals surface area contributed by atoms with Gasteiger partial charge in [0, 0.05) is 10.8 Å². The fourth-order valence-corrected chi connectivity index (χ4v) is 6.57. The highest BCUT2D eigenvalue weighted by Gasteiger charge is 2.51. The first kappa shape index (κ1) is 21.5. The maximum Gasteiger partial charge on any atom is 0.257 e. The van der Waals surface area contributed by atoms with Crippen molar-refractivity contribution in [1.82, 2.24) is 14.7 Å². The van der Waals surface area contributed by atoms with Crippen molar-refractivity contribution in [3.8, 4) is 0 Å². The van der Waals surface area contributed by atoms with Gasteiger partial charge in [-0.1, -0.05) is 53.6 Å². The van der Waals surface area contributed by atoms with Crippen LogP contribution in [0.4, 0.5) is 5.69 Å². The number of fused-ring (bicyclic) bond motifs is 1. The van der Waals surface area contributed by atoms with Gasteiger partial charge in [0.1, 0.15) is 11.4 Å². The summed E-state index contributed by atoms with van der Waals surface area (Å²) in [7, 11) is 0. The van der Waals surface area contributed by atoms with Crippen molar-refractivity contribution in [2.75, 3.05) is 10.7 Å². The van der Waals surface area contributed by atoms with Crippen LogP contribution in [0, 0.1) is 20.8 Å². The number of nitrogens with zero attached hydrogens (tertiary/aromatic N) is 4. The number of aryl methyl sites for hydroxylation is 2. The van der Waals surface area contributed by atoms with Gasteiger partial charge in [-0.2, -0.15) is 5.10 Å². The highest BCUT2D eigenvalue weighted by Crippen LogP contribution is 2.47. The van der Waals surface area contributed by atoms with E-state index >= 15 is 0 Å². The Morgan fingerprint density at radius 1 is 1.16 bits per heavy atom. The summed E-state index contributed by atoms with van der Waals surface area (Å²) in [6.07, 6.45) is 0. The van der Waals surface area contributed by atoms with Crippen LogP contribution in [0.5, 0.6) is 0 Å². The summed E-state index contributed by atoms with van der Waals surface area (Å²) in [6, 6.07) is 16.0. The second kappa shape index (κ2) is 8.21. The topological polar surface area (TPSA) is 41.4 Å². The molecule has 8 heteroatoms. The summed E-state index contributed by atoms with van der Waals surface area (Å²) < 4.78 is 1.92. The first-order valence-corrected chi connectivity index (χ1v) is 12.3. The molecule has 0 radical (unpaired) electrons. The fourth-order valence-electron chi connectivity index (χ4n) is 4.46. The molecule has 2 saturated heterocycles. The summed E-state index contributed by atoms with van der Waals surface area (Å²) in [4.78, 5) is 17.3. The Kier molecular flexibility index (Phi) is 5.51. The molecule has 0 aliphatic carbocycles. The molecule has 164 valence electrons. The number of hydrogen-bond donors (Lipinski definition) is 0. The van der Waals surface area contributed by atoms with Crippen molar-refractivity contribution in [3.63, 3.8) is 0 Å². The van der Waals surface area contributed by atoms with Crippen LogP contribution in [-0.2, 0) is 11.3 Å². The molecule has 3 aromatic rings. The van der Waals surface area contributed by atoms with E-state index in [-0.39, 0.29) is 17.3 Å². The maximum absolute atomic E-state index is 13.5. The number of rotatable bonds is 4. The largest absolute Gasteiger partial charge is 0.319 e. The summed E-state index contributed by atoms with van der Waals surface area (Å²) in [5, 5.41) is 6.03. The van der Waals surface area contributed by atoms with Gasteiger partial charge in [0.25, 0.3) is 5.91 Å². The highest BCUT2D eigenvalue weighted by atomic mass is 35.5. The zero-order chi connectivity index (χ0) is 22.6. The van der Waals surface area contributed by atoms with Crippen LogP contribution in [0.15, 0.2) is 48.5 Å². The molecule has 32 heavy (non-hydrogen) atoms. The number of carbonyl (C=O) groups is 1. The number of carbonyl (C=O) groups excluding carboxylic acids is 1. The van der Waals surface area contributed by atoms with Crippen LogP contribution >= 0.6 is 35.6 Å². The second-order valence-electron chi connectivity index (χ2n) is 8.28. The van der Waals surface area contributed by atoms with Gasteiger partial charge in [-0.3, -0.25) is 14.4 Å². The molecule has 2 aromatic carbocycles. The van der Waals surface area contributed by atoms with Crippen LogP contribution in [0.2, 0.25) is 5.02 Å². The Bertz CT molecular complexity index is 1220. The Hall–Kier alpha value is -2.35. The summed E-state index contributed by atoms with van der Waals surface area (Å²) in [5.74, 6) is 0.758. The first-order valence-electron chi connectivity index (χ1n) is 10.5. The monoisotopic (exact) mass is 482 g/mol. The molecule has 3 heterocycles. The third-order valence-corrected chi connectivity index (χ3v) is 8.02. The molecule has 0 unspecified atom stereocenters. The molecule has 5 nitrogen and oxygen atoms in total. The van der Waals surface area contributed by atoms with E-state index in [0.29, 0.717) is 16.7 Å². The summed E-state index contributed by atoms with van der Waals surface area (Å²) >= 11 is 13.8. The molecule has 2 atom stereocenters. The minimum absolute atomic E-state index is 0.0330. The number of halogens is 1. The highest BCUT2D eigenvalue weighted by molar-refractivity contribution is 7.99. The number of benzene rings is 2. The summed E-state index contributed by atoms with van der Waals surface area (Å²) in [5.41, 5.74) is 5.95. The number of thiocarbonyl (C=S) groups is 1. The SMILES string of the molecule is Cc1ccc([C@H]2SC[C@@H]3C(=O)N(c4c(C)nn(Cc5cccc(Cl)c5)c4C)C(=S)N32)cc1. The van der Waals surface area contributed by atoms with Gasteiger partial charge in [-0.25, -0.2) is 0 Å². The van der Waals surface area contributed by atoms with Crippen molar-refractivity contribution >= 4 is 52.3 Å². The third kappa shape index (κ3) is 3.52. The van der Waals surface area contributed by atoms with Crippen molar-refractivity contribution in [2.45, 2.75) is 38.7 Å². The molecular weight excluding hydrogens is 460 g/mol. The van der Waals surface area contributed by atoms with Gasteiger partial charge in [0.15, 0.2) is 5.11 Å². The van der Waals surface area contributed by atoms with Crippen molar-refractivity contribution < 1.29 is 4.79 Å². The molecule has 2 aliphatic rings.